The molecule has 1 aromatic heterocycles. The maximum absolute atomic E-state index is 14.1. The predicted molar refractivity (Wildman–Crippen MR) is 80.1 cm³/mol. The number of benzene rings is 2. The minimum Gasteiger partial charge on any atom is -0.477 e. The lowest BCUT2D eigenvalue weighted by Crippen LogP contribution is -2.02. The van der Waals surface area contributed by atoms with Crippen molar-refractivity contribution in [1.29, 1.82) is 0 Å². The van der Waals surface area contributed by atoms with Crippen LogP contribution in [0, 0.1) is 5.82 Å². The summed E-state index contributed by atoms with van der Waals surface area (Å²) in [4.78, 5) is 0. The van der Waals surface area contributed by atoms with Crippen molar-refractivity contribution >= 4 is 0 Å². The van der Waals surface area contributed by atoms with Crippen molar-refractivity contribution in [3.8, 4) is 22.8 Å². The summed E-state index contributed by atoms with van der Waals surface area (Å²) in [6.07, 6.45) is 0. The number of rotatable bonds is 4. The molecule has 0 bridgehead atoms. The summed E-state index contributed by atoms with van der Waals surface area (Å²) >= 11 is 0. The number of hydrogen-bond acceptors (Lipinski definition) is 2. The fourth-order valence-corrected chi connectivity index (χ4v) is 2.20. The average Bonchev–Trinajstić information content (AvgIpc) is 2.93. The third-order valence-electron chi connectivity index (χ3n) is 3.13. The van der Waals surface area contributed by atoms with Gasteiger partial charge >= 0.3 is 0 Å². The van der Waals surface area contributed by atoms with Gasteiger partial charge in [-0.05, 0) is 19.1 Å². The van der Waals surface area contributed by atoms with Gasteiger partial charge in [-0.2, -0.15) is 0 Å². The lowest BCUT2D eigenvalue weighted by atomic mass is 10.1. The normalized spacial score (nSPS) is 10.6. The number of nitrogens with zero attached hydrogens (tertiary/aromatic N) is 2. The van der Waals surface area contributed by atoms with E-state index < -0.39 is 0 Å². The fraction of sp³-hybridized carbons (Fsp3) is 0.118. The number of halogens is 1. The fourth-order valence-electron chi connectivity index (χ4n) is 2.20. The van der Waals surface area contributed by atoms with Crippen molar-refractivity contribution < 1.29 is 9.13 Å². The summed E-state index contributed by atoms with van der Waals surface area (Å²) < 4.78 is 21.1. The first-order valence-corrected chi connectivity index (χ1v) is 6.83. The molecule has 0 aliphatic heterocycles. The van der Waals surface area contributed by atoms with E-state index in [-0.39, 0.29) is 5.82 Å². The Balaban J connectivity index is 2.17. The van der Waals surface area contributed by atoms with E-state index in [0.29, 0.717) is 18.2 Å². The summed E-state index contributed by atoms with van der Waals surface area (Å²) in [7, 11) is 0. The lowest BCUT2D eigenvalue weighted by molar-refractivity contribution is 0.324. The standard InChI is InChI=1S/C17H15FN2O/c1-2-21-17-12-16(13-8-4-3-5-9-13)20(19-17)15-11-7-6-10-14(15)18/h3-12H,2H2,1H3. The number of para-hydroxylation sites is 1. The Morgan fingerprint density at radius 2 is 1.76 bits per heavy atom. The Morgan fingerprint density at radius 1 is 1.05 bits per heavy atom. The molecule has 0 N–H and O–H groups in total. The van der Waals surface area contributed by atoms with E-state index in [0.717, 1.165) is 11.3 Å². The van der Waals surface area contributed by atoms with Gasteiger partial charge in [-0.15, -0.1) is 5.10 Å². The first-order chi connectivity index (χ1) is 10.3. The zero-order valence-corrected chi connectivity index (χ0v) is 11.7. The van der Waals surface area contributed by atoms with Crippen LogP contribution in [0.2, 0.25) is 0 Å². The second-order valence-corrected chi connectivity index (χ2v) is 4.53. The van der Waals surface area contributed by atoms with Crippen LogP contribution in [0.3, 0.4) is 0 Å². The molecule has 0 atom stereocenters. The molecule has 2 aromatic carbocycles. The maximum atomic E-state index is 14.1. The van der Waals surface area contributed by atoms with Crippen molar-refractivity contribution in [3.05, 3.63) is 66.5 Å². The van der Waals surface area contributed by atoms with Crippen LogP contribution in [0.15, 0.2) is 60.7 Å². The van der Waals surface area contributed by atoms with Gasteiger partial charge in [0.05, 0.1) is 12.3 Å². The van der Waals surface area contributed by atoms with Crippen LogP contribution in [-0.4, -0.2) is 16.4 Å². The van der Waals surface area contributed by atoms with Crippen molar-refractivity contribution in [1.82, 2.24) is 9.78 Å². The molecular formula is C17H15FN2O. The molecule has 3 rings (SSSR count). The molecule has 4 heteroatoms. The quantitative estimate of drug-likeness (QED) is 0.721. The van der Waals surface area contributed by atoms with Gasteiger partial charge in [-0.25, -0.2) is 9.07 Å². The molecule has 0 saturated heterocycles. The molecule has 0 unspecified atom stereocenters. The van der Waals surface area contributed by atoms with E-state index in [1.165, 1.54) is 6.07 Å². The summed E-state index contributed by atoms with van der Waals surface area (Å²) in [6.45, 7) is 2.41. The minimum atomic E-state index is -0.319. The summed E-state index contributed by atoms with van der Waals surface area (Å²) in [5, 5.41) is 4.36. The zero-order valence-electron chi connectivity index (χ0n) is 11.7. The summed E-state index contributed by atoms with van der Waals surface area (Å²) in [5.74, 6) is 0.167. The molecule has 3 nitrogen and oxygen atoms in total. The van der Waals surface area contributed by atoms with Crippen molar-refractivity contribution in [2.45, 2.75) is 6.92 Å². The largest absolute Gasteiger partial charge is 0.477 e. The third kappa shape index (κ3) is 2.65. The van der Waals surface area contributed by atoms with Gasteiger partial charge in [-0.3, -0.25) is 0 Å². The number of aromatic nitrogens is 2. The molecule has 0 radical (unpaired) electrons. The highest BCUT2D eigenvalue weighted by atomic mass is 19.1. The van der Waals surface area contributed by atoms with E-state index in [9.17, 15) is 4.39 Å². The Kier molecular flexibility index (Phi) is 3.69. The lowest BCUT2D eigenvalue weighted by Gasteiger charge is -2.08. The van der Waals surface area contributed by atoms with E-state index in [4.69, 9.17) is 4.74 Å². The highest BCUT2D eigenvalue weighted by Crippen LogP contribution is 2.27. The highest BCUT2D eigenvalue weighted by molar-refractivity contribution is 5.63. The Bertz CT molecular complexity index is 738. The average molecular weight is 282 g/mol. The Hall–Kier alpha value is -2.62. The highest BCUT2D eigenvalue weighted by Gasteiger charge is 2.14. The topological polar surface area (TPSA) is 27.1 Å². The number of ether oxygens (including phenoxy) is 1. The third-order valence-corrected chi connectivity index (χ3v) is 3.13. The van der Waals surface area contributed by atoms with E-state index >= 15 is 0 Å². The monoisotopic (exact) mass is 282 g/mol. The molecule has 0 amide bonds. The van der Waals surface area contributed by atoms with Gasteiger partial charge in [0.15, 0.2) is 0 Å². The minimum absolute atomic E-state index is 0.319. The molecule has 1 heterocycles. The summed E-state index contributed by atoms with van der Waals surface area (Å²) in [5.41, 5.74) is 2.16. The van der Waals surface area contributed by atoms with Crippen LogP contribution in [0.25, 0.3) is 16.9 Å². The van der Waals surface area contributed by atoms with Crippen LogP contribution in [0.1, 0.15) is 6.92 Å². The van der Waals surface area contributed by atoms with E-state index in [2.05, 4.69) is 5.10 Å². The van der Waals surface area contributed by atoms with E-state index in [1.54, 1.807) is 22.9 Å². The number of hydrogen-bond donors (Lipinski definition) is 0. The molecule has 0 aliphatic rings. The SMILES string of the molecule is CCOc1cc(-c2ccccc2)n(-c2ccccc2F)n1. The molecular weight excluding hydrogens is 267 g/mol. The molecule has 3 aromatic rings. The van der Waals surface area contributed by atoms with Crippen LogP contribution in [0.4, 0.5) is 4.39 Å². The van der Waals surface area contributed by atoms with Crippen molar-refractivity contribution in [2.24, 2.45) is 0 Å². The van der Waals surface area contributed by atoms with Crippen molar-refractivity contribution in [2.75, 3.05) is 6.61 Å². The first kappa shape index (κ1) is 13.4. The van der Waals surface area contributed by atoms with Gasteiger partial charge in [-0.1, -0.05) is 42.5 Å². The van der Waals surface area contributed by atoms with Gasteiger partial charge in [0.2, 0.25) is 5.88 Å². The van der Waals surface area contributed by atoms with Crippen LogP contribution in [0.5, 0.6) is 5.88 Å². The molecule has 0 spiro atoms. The van der Waals surface area contributed by atoms with Gasteiger partial charge in [0.25, 0.3) is 0 Å². The van der Waals surface area contributed by atoms with E-state index in [1.807, 2.05) is 43.3 Å². The molecule has 0 aliphatic carbocycles. The zero-order chi connectivity index (χ0) is 14.7. The Labute approximate surface area is 122 Å². The summed E-state index contributed by atoms with van der Waals surface area (Å²) in [6, 6.07) is 18.1. The second kappa shape index (κ2) is 5.79. The Morgan fingerprint density at radius 3 is 2.48 bits per heavy atom. The van der Waals surface area contributed by atoms with Gasteiger partial charge < -0.3 is 4.74 Å². The van der Waals surface area contributed by atoms with Crippen LogP contribution >= 0.6 is 0 Å². The van der Waals surface area contributed by atoms with Crippen LogP contribution in [-0.2, 0) is 0 Å². The van der Waals surface area contributed by atoms with Crippen molar-refractivity contribution in [3.63, 3.8) is 0 Å². The van der Waals surface area contributed by atoms with Gasteiger partial charge in [0, 0.05) is 11.6 Å². The predicted octanol–water partition coefficient (Wildman–Crippen LogP) is 4.08. The smallest absolute Gasteiger partial charge is 0.233 e. The molecule has 0 saturated carbocycles. The first-order valence-electron chi connectivity index (χ1n) is 6.83. The van der Waals surface area contributed by atoms with Gasteiger partial charge in [0.1, 0.15) is 11.5 Å². The molecule has 106 valence electrons. The maximum Gasteiger partial charge on any atom is 0.233 e. The molecule has 0 fully saturated rings. The van der Waals surface area contributed by atoms with Crippen LogP contribution < -0.4 is 4.74 Å². The second-order valence-electron chi connectivity index (χ2n) is 4.53. The molecule has 21 heavy (non-hydrogen) atoms.